The van der Waals surface area contributed by atoms with Crippen LogP contribution in [0, 0.1) is 23.0 Å². The fraction of sp³-hybridized carbons (Fsp3) is 0.278. The summed E-state index contributed by atoms with van der Waals surface area (Å²) in [7, 11) is 0. The van der Waals surface area contributed by atoms with Crippen LogP contribution in [0.1, 0.15) is 36.8 Å². The van der Waals surface area contributed by atoms with Gasteiger partial charge in [-0.05, 0) is 110 Å². The number of nitrogens with zero attached hydrogens (tertiary/aromatic N) is 1. The summed E-state index contributed by atoms with van der Waals surface area (Å²) < 4.78 is 36.8. The van der Waals surface area contributed by atoms with Crippen molar-refractivity contribution >= 4 is 46.2 Å². The Morgan fingerprint density at radius 3 is 1.87 bits per heavy atom. The summed E-state index contributed by atoms with van der Waals surface area (Å²) in [6.07, 6.45) is 2.79. The van der Waals surface area contributed by atoms with Crippen molar-refractivity contribution in [3.05, 3.63) is 124 Å². The van der Waals surface area contributed by atoms with Gasteiger partial charge in [-0.25, -0.2) is 8.78 Å². The second kappa shape index (κ2) is 17.1. The molecule has 0 unspecified atom stereocenters. The second-order valence-corrected chi connectivity index (χ2v) is 13.5. The summed E-state index contributed by atoms with van der Waals surface area (Å²) in [5.74, 6) is -0.773. The minimum atomic E-state index is -0.655. The minimum Gasteiger partial charge on any atom is -0.381 e. The molecule has 2 N–H and O–H groups in total. The van der Waals surface area contributed by atoms with Crippen molar-refractivity contribution < 1.29 is 23.0 Å². The van der Waals surface area contributed by atoms with Gasteiger partial charge in [0.25, 0.3) is 0 Å². The molecule has 240 valence electrons. The number of carbonyl (C=O) groups excluding carboxylic acids is 1. The number of amides is 1. The molecule has 2 heterocycles. The number of hydrogen-bond acceptors (Lipinski definition) is 6. The Morgan fingerprint density at radius 2 is 1.33 bits per heavy atom. The molecular weight excluding hydrogens is 690 g/mol. The number of primary amides is 1. The number of nitrogens with two attached hydrogens (primary N) is 1. The fourth-order valence-corrected chi connectivity index (χ4v) is 6.73. The summed E-state index contributed by atoms with van der Waals surface area (Å²) in [4.78, 5) is 14.8. The van der Waals surface area contributed by atoms with E-state index in [0.717, 1.165) is 43.1 Å². The van der Waals surface area contributed by atoms with E-state index >= 15 is 0 Å². The summed E-state index contributed by atoms with van der Waals surface area (Å²) in [6.45, 7) is 2.44. The fourth-order valence-electron chi connectivity index (χ4n) is 5.31. The Balaban J connectivity index is 0.000000178. The Labute approximate surface area is 287 Å². The maximum Gasteiger partial charge on any atom is 0.228 e. The first-order valence-corrected chi connectivity index (χ1v) is 16.8. The van der Waals surface area contributed by atoms with Crippen LogP contribution in [0.25, 0.3) is 0 Å². The van der Waals surface area contributed by atoms with E-state index in [0.29, 0.717) is 39.3 Å². The molecule has 0 aromatic heterocycles. The van der Waals surface area contributed by atoms with Crippen LogP contribution in [0.4, 0.5) is 8.78 Å². The number of benzene rings is 4. The lowest BCUT2D eigenvalue weighted by molar-refractivity contribution is -0.127. The Hall–Kier alpha value is -3.20. The zero-order valence-corrected chi connectivity index (χ0v) is 28.4. The van der Waals surface area contributed by atoms with Gasteiger partial charge in [-0.2, -0.15) is 5.26 Å². The van der Waals surface area contributed by atoms with Crippen LogP contribution in [-0.4, -0.2) is 32.3 Å². The van der Waals surface area contributed by atoms with Gasteiger partial charge in [0, 0.05) is 45.6 Å². The van der Waals surface area contributed by atoms with Crippen molar-refractivity contribution in [2.45, 2.75) is 51.2 Å². The highest BCUT2D eigenvalue weighted by atomic mass is 79.9. The molecule has 4 aromatic rings. The SMILES string of the molecule is Fc1ccc(S)cc1.N#CC1(c2cccc(Br)c2)CCOCC1.NC(=O)C1(c2cccc(Sc3ccc(F)cc3)c2)CCOCC1. The zero-order chi connectivity index (χ0) is 33.0. The minimum absolute atomic E-state index is 0.220. The van der Waals surface area contributed by atoms with Crippen LogP contribution < -0.4 is 5.73 Å². The van der Waals surface area contributed by atoms with Crippen LogP contribution in [0.5, 0.6) is 0 Å². The van der Waals surface area contributed by atoms with E-state index in [1.54, 1.807) is 24.3 Å². The number of nitriles is 1. The highest BCUT2D eigenvalue weighted by molar-refractivity contribution is 9.10. The Morgan fingerprint density at radius 1 is 0.783 bits per heavy atom. The highest BCUT2D eigenvalue weighted by Crippen LogP contribution is 2.38. The van der Waals surface area contributed by atoms with Gasteiger partial charge in [-0.1, -0.05) is 52.0 Å². The van der Waals surface area contributed by atoms with E-state index in [1.165, 1.54) is 36.0 Å². The van der Waals surface area contributed by atoms with Crippen LogP contribution in [-0.2, 0) is 25.1 Å². The van der Waals surface area contributed by atoms with Crippen molar-refractivity contribution in [2.75, 3.05) is 26.4 Å². The molecule has 4 aromatic carbocycles. The van der Waals surface area contributed by atoms with Crippen LogP contribution in [0.3, 0.4) is 0 Å². The molecule has 5 nitrogen and oxygen atoms in total. The first kappa shape index (κ1) is 35.7. The van der Waals surface area contributed by atoms with Crippen molar-refractivity contribution in [3.63, 3.8) is 0 Å². The lowest BCUT2D eigenvalue weighted by atomic mass is 9.73. The number of hydrogen-bond donors (Lipinski definition) is 2. The van der Waals surface area contributed by atoms with Gasteiger partial charge in [0.05, 0.1) is 16.9 Å². The van der Waals surface area contributed by atoms with E-state index in [1.807, 2.05) is 48.5 Å². The quantitative estimate of drug-likeness (QED) is 0.201. The van der Waals surface area contributed by atoms with Gasteiger partial charge in [-0.15, -0.1) is 12.6 Å². The average molecular weight is 726 g/mol. The maximum absolute atomic E-state index is 13.0. The number of halogens is 3. The maximum atomic E-state index is 13.0. The third kappa shape index (κ3) is 9.66. The van der Waals surface area contributed by atoms with E-state index in [9.17, 15) is 18.8 Å². The van der Waals surface area contributed by atoms with E-state index in [4.69, 9.17) is 15.2 Å². The lowest BCUT2D eigenvalue weighted by Gasteiger charge is -2.34. The molecule has 2 saturated heterocycles. The van der Waals surface area contributed by atoms with Gasteiger partial charge < -0.3 is 15.2 Å². The third-order valence-corrected chi connectivity index (χ3v) is 9.81. The van der Waals surface area contributed by atoms with Gasteiger partial charge in [0.2, 0.25) is 5.91 Å². The predicted molar refractivity (Wildman–Crippen MR) is 183 cm³/mol. The Bertz CT molecular complexity index is 1600. The predicted octanol–water partition coefficient (Wildman–Crippen LogP) is 8.65. The molecule has 2 aliphatic rings. The van der Waals surface area contributed by atoms with Gasteiger partial charge >= 0.3 is 0 Å². The van der Waals surface area contributed by atoms with E-state index in [-0.39, 0.29) is 23.0 Å². The molecule has 0 aliphatic carbocycles. The number of carbonyl (C=O) groups is 1. The number of rotatable bonds is 5. The summed E-state index contributed by atoms with van der Waals surface area (Å²) in [5.41, 5.74) is 6.74. The van der Waals surface area contributed by atoms with Crippen LogP contribution in [0.15, 0.2) is 116 Å². The van der Waals surface area contributed by atoms with Crippen molar-refractivity contribution in [2.24, 2.45) is 5.73 Å². The molecule has 0 spiro atoms. The van der Waals surface area contributed by atoms with E-state index < -0.39 is 5.41 Å². The Kier molecular flexibility index (Phi) is 13.2. The first-order valence-electron chi connectivity index (χ1n) is 14.8. The lowest BCUT2D eigenvalue weighted by Crippen LogP contribution is -2.45. The average Bonchev–Trinajstić information content (AvgIpc) is 3.08. The third-order valence-electron chi connectivity index (χ3n) is 8.02. The van der Waals surface area contributed by atoms with Crippen molar-refractivity contribution in [1.29, 1.82) is 5.26 Å². The number of thiol groups is 1. The smallest absolute Gasteiger partial charge is 0.228 e. The van der Waals surface area contributed by atoms with Crippen molar-refractivity contribution in [1.82, 2.24) is 0 Å². The largest absolute Gasteiger partial charge is 0.381 e. The number of ether oxygens (including phenoxy) is 2. The molecule has 6 rings (SSSR count). The summed E-state index contributed by atoms with van der Waals surface area (Å²) in [6, 6.07) is 30.7. The van der Waals surface area contributed by atoms with Gasteiger partial charge in [-0.3, -0.25) is 4.79 Å². The molecular formula is C36H35BrF2N2O3S2. The molecule has 0 radical (unpaired) electrons. The summed E-state index contributed by atoms with van der Waals surface area (Å²) in [5, 5.41) is 9.36. The molecule has 1 amide bonds. The topological polar surface area (TPSA) is 85.3 Å². The zero-order valence-electron chi connectivity index (χ0n) is 25.1. The molecule has 0 saturated carbocycles. The van der Waals surface area contributed by atoms with Crippen LogP contribution in [0.2, 0.25) is 0 Å². The first-order chi connectivity index (χ1) is 22.2. The molecule has 0 atom stereocenters. The van der Waals surface area contributed by atoms with Gasteiger partial charge in [0.15, 0.2) is 0 Å². The second-order valence-electron chi connectivity index (χ2n) is 10.9. The molecule has 46 heavy (non-hydrogen) atoms. The molecule has 10 heteroatoms. The highest BCUT2D eigenvalue weighted by Gasteiger charge is 2.40. The van der Waals surface area contributed by atoms with E-state index in [2.05, 4.69) is 34.6 Å². The standard InChI is InChI=1S/C18H18FNO2S.C12H12BrNO.C6H5FS/c19-14-4-6-15(7-5-14)23-16-3-1-2-13(12-16)18(17(20)21)8-10-22-11-9-18;13-11-3-1-2-10(8-11)12(9-14)4-6-15-7-5-12;7-5-1-3-6(8)4-2-5/h1-7,12H,8-11H2,(H2,20,21);1-3,8H,4-7H2;1-4,8H. The molecule has 2 fully saturated rings. The van der Waals surface area contributed by atoms with Gasteiger partial charge in [0.1, 0.15) is 11.6 Å². The van der Waals surface area contributed by atoms with Crippen molar-refractivity contribution in [3.8, 4) is 6.07 Å². The monoisotopic (exact) mass is 724 g/mol. The molecule has 2 aliphatic heterocycles. The molecule has 0 bridgehead atoms. The van der Waals surface area contributed by atoms with Crippen LogP contribution >= 0.6 is 40.3 Å². The summed E-state index contributed by atoms with van der Waals surface area (Å²) >= 11 is 8.94. The normalized spacial score (nSPS) is 16.4.